The number of ether oxygens (including phenoxy) is 1. The van der Waals surface area contributed by atoms with Crippen molar-refractivity contribution in [3.63, 3.8) is 0 Å². The predicted octanol–water partition coefficient (Wildman–Crippen LogP) is 1.54. The van der Waals surface area contributed by atoms with Crippen molar-refractivity contribution in [1.29, 1.82) is 5.26 Å². The fourth-order valence-corrected chi connectivity index (χ4v) is 1.13. The zero-order valence-electron chi connectivity index (χ0n) is 8.03. The van der Waals surface area contributed by atoms with Crippen LogP contribution in [0, 0.1) is 11.3 Å². The second-order valence-corrected chi connectivity index (χ2v) is 2.71. The van der Waals surface area contributed by atoms with Crippen molar-refractivity contribution >= 4 is 6.08 Å². The Kier molecular flexibility index (Phi) is 3.71. The summed E-state index contributed by atoms with van der Waals surface area (Å²) in [5, 5.41) is 8.71. The van der Waals surface area contributed by atoms with Crippen molar-refractivity contribution in [3.05, 3.63) is 35.4 Å². The van der Waals surface area contributed by atoms with Gasteiger partial charge in [0.15, 0.2) is 0 Å². The van der Waals surface area contributed by atoms with Gasteiger partial charge in [0, 0.05) is 12.1 Å². The summed E-state index contributed by atoms with van der Waals surface area (Å²) in [6.07, 6.45) is 3.67. The molecule has 3 heteroatoms. The Morgan fingerprint density at radius 2 is 2.36 bits per heavy atom. The van der Waals surface area contributed by atoms with Crippen LogP contribution in [0.4, 0.5) is 0 Å². The van der Waals surface area contributed by atoms with Gasteiger partial charge in [-0.25, -0.2) is 0 Å². The largest absolute Gasteiger partial charge is 0.496 e. The lowest BCUT2D eigenvalue weighted by molar-refractivity contribution is 0.414. The van der Waals surface area contributed by atoms with Crippen LogP contribution in [0.1, 0.15) is 11.1 Å². The summed E-state index contributed by atoms with van der Waals surface area (Å²) in [4.78, 5) is 0. The minimum absolute atomic E-state index is 0.472. The standard InChI is InChI=1S/C11H12N2O/c1-14-11-5-4-9(8-13)7-10(11)3-2-6-12/h2-5,7H,6,12H2,1H3. The number of hydrogen-bond donors (Lipinski definition) is 1. The van der Waals surface area contributed by atoms with Crippen molar-refractivity contribution in [1.82, 2.24) is 0 Å². The quantitative estimate of drug-likeness (QED) is 0.782. The van der Waals surface area contributed by atoms with Gasteiger partial charge in [-0.05, 0) is 18.2 Å². The van der Waals surface area contributed by atoms with Crippen molar-refractivity contribution in [3.8, 4) is 11.8 Å². The minimum Gasteiger partial charge on any atom is -0.496 e. The first-order valence-corrected chi connectivity index (χ1v) is 4.26. The third kappa shape index (κ3) is 2.35. The summed E-state index contributed by atoms with van der Waals surface area (Å²) in [7, 11) is 1.60. The number of benzene rings is 1. The highest BCUT2D eigenvalue weighted by atomic mass is 16.5. The summed E-state index contributed by atoms with van der Waals surface area (Å²) in [6, 6.07) is 7.34. The van der Waals surface area contributed by atoms with Crippen LogP contribution in [0.25, 0.3) is 6.08 Å². The van der Waals surface area contributed by atoms with Gasteiger partial charge in [-0.1, -0.05) is 12.2 Å². The number of methoxy groups -OCH3 is 1. The highest BCUT2D eigenvalue weighted by Crippen LogP contribution is 2.20. The van der Waals surface area contributed by atoms with Gasteiger partial charge in [0.2, 0.25) is 0 Å². The topological polar surface area (TPSA) is 59.0 Å². The van der Waals surface area contributed by atoms with E-state index >= 15 is 0 Å². The molecule has 2 N–H and O–H groups in total. The maximum atomic E-state index is 8.71. The van der Waals surface area contributed by atoms with Gasteiger partial charge >= 0.3 is 0 Å². The van der Waals surface area contributed by atoms with Crippen molar-refractivity contribution in [2.24, 2.45) is 5.73 Å². The summed E-state index contributed by atoms with van der Waals surface area (Å²) in [5.74, 6) is 0.744. The molecular formula is C11H12N2O. The smallest absolute Gasteiger partial charge is 0.126 e. The Hall–Kier alpha value is -1.79. The van der Waals surface area contributed by atoms with Gasteiger partial charge in [-0.15, -0.1) is 0 Å². The van der Waals surface area contributed by atoms with E-state index in [9.17, 15) is 0 Å². The van der Waals surface area contributed by atoms with Crippen LogP contribution in [0.5, 0.6) is 5.75 Å². The van der Waals surface area contributed by atoms with Crippen LogP contribution in [0.3, 0.4) is 0 Å². The summed E-state index contributed by atoms with van der Waals surface area (Å²) in [5.41, 5.74) is 6.83. The molecule has 0 saturated carbocycles. The zero-order valence-corrected chi connectivity index (χ0v) is 8.03. The maximum Gasteiger partial charge on any atom is 0.126 e. The fourth-order valence-electron chi connectivity index (χ4n) is 1.13. The van der Waals surface area contributed by atoms with Crippen LogP contribution in [0.15, 0.2) is 24.3 Å². The zero-order chi connectivity index (χ0) is 10.4. The first-order valence-electron chi connectivity index (χ1n) is 4.26. The molecule has 0 aliphatic rings. The molecule has 0 atom stereocenters. The first kappa shape index (κ1) is 10.3. The van der Waals surface area contributed by atoms with E-state index in [4.69, 9.17) is 15.7 Å². The van der Waals surface area contributed by atoms with E-state index in [0.29, 0.717) is 12.1 Å². The first-order chi connectivity index (χ1) is 6.81. The minimum atomic E-state index is 0.472. The highest BCUT2D eigenvalue weighted by Gasteiger charge is 2.00. The number of nitrogens with zero attached hydrogens (tertiary/aromatic N) is 1. The molecule has 3 nitrogen and oxygen atoms in total. The average molecular weight is 188 g/mol. The summed E-state index contributed by atoms with van der Waals surface area (Å²) >= 11 is 0. The summed E-state index contributed by atoms with van der Waals surface area (Å²) in [6.45, 7) is 0.472. The van der Waals surface area contributed by atoms with Crippen LogP contribution in [-0.4, -0.2) is 13.7 Å². The monoisotopic (exact) mass is 188 g/mol. The molecule has 14 heavy (non-hydrogen) atoms. The van der Waals surface area contributed by atoms with E-state index in [-0.39, 0.29) is 0 Å². The normalized spacial score (nSPS) is 10.1. The lowest BCUT2D eigenvalue weighted by Gasteiger charge is -2.04. The number of nitrogens with two attached hydrogens (primary N) is 1. The van der Waals surface area contributed by atoms with E-state index in [0.717, 1.165) is 11.3 Å². The third-order valence-electron chi connectivity index (χ3n) is 1.79. The Morgan fingerprint density at radius 1 is 1.57 bits per heavy atom. The number of nitriles is 1. The Bertz CT molecular complexity index is 377. The van der Waals surface area contributed by atoms with E-state index < -0.39 is 0 Å². The molecule has 0 amide bonds. The number of hydrogen-bond acceptors (Lipinski definition) is 3. The maximum absolute atomic E-state index is 8.71. The van der Waals surface area contributed by atoms with Gasteiger partial charge in [0.05, 0.1) is 18.7 Å². The van der Waals surface area contributed by atoms with Crippen LogP contribution >= 0.6 is 0 Å². The molecule has 0 radical (unpaired) electrons. The molecule has 0 heterocycles. The van der Waals surface area contributed by atoms with Gasteiger partial charge in [-0.2, -0.15) is 5.26 Å². The molecule has 72 valence electrons. The molecular weight excluding hydrogens is 176 g/mol. The predicted molar refractivity (Wildman–Crippen MR) is 55.8 cm³/mol. The lowest BCUT2D eigenvalue weighted by atomic mass is 10.1. The average Bonchev–Trinajstić information content (AvgIpc) is 2.25. The van der Waals surface area contributed by atoms with Crippen LogP contribution < -0.4 is 10.5 Å². The number of rotatable bonds is 3. The van der Waals surface area contributed by atoms with E-state index in [1.807, 2.05) is 12.2 Å². The molecule has 1 aromatic carbocycles. The molecule has 0 spiro atoms. The molecule has 0 bridgehead atoms. The second kappa shape index (κ2) is 5.05. The fraction of sp³-hybridized carbons (Fsp3) is 0.182. The molecule has 0 fully saturated rings. The molecule has 0 aliphatic carbocycles. The summed E-state index contributed by atoms with van der Waals surface area (Å²) < 4.78 is 5.14. The molecule has 1 rings (SSSR count). The molecule has 0 aromatic heterocycles. The Labute approximate surface area is 83.4 Å². The van der Waals surface area contributed by atoms with Gasteiger partial charge in [0.25, 0.3) is 0 Å². The molecule has 0 unspecified atom stereocenters. The van der Waals surface area contributed by atoms with Crippen LogP contribution in [-0.2, 0) is 0 Å². The SMILES string of the molecule is COc1ccc(C#N)cc1C=CCN. The Balaban J connectivity index is 3.10. The Morgan fingerprint density at radius 3 is 2.93 bits per heavy atom. The van der Waals surface area contributed by atoms with Crippen molar-refractivity contribution < 1.29 is 4.74 Å². The molecule has 1 aromatic rings. The highest BCUT2D eigenvalue weighted by molar-refractivity contribution is 5.59. The van der Waals surface area contributed by atoms with E-state index in [1.165, 1.54) is 0 Å². The second-order valence-electron chi connectivity index (χ2n) is 2.71. The van der Waals surface area contributed by atoms with E-state index in [2.05, 4.69) is 6.07 Å². The van der Waals surface area contributed by atoms with E-state index in [1.54, 1.807) is 25.3 Å². The lowest BCUT2D eigenvalue weighted by Crippen LogP contribution is -1.93. The van der Waals surface area contributed by atoms with Gasteiger partial charge in [-0.3, -0.25) is 0 Å². The van der Waals surface area contributed by atoms with Crippen molar-refractivity contribution in [2.75, 3.05) is 13.7 Å². The molecule has 0 aliphatic heterocycles. The van der Waals surface area contributed by atoms with Crippen LogP contribution in [0.2, 0.25) is 0 Å². The molecule has 0 saturated heterocycles. The van der Waals surface area contributed by atoms with Crippen molar-refractivity contribution in [2.45, 2.75) is 0 Å². The van der Waals surface area contributed by atoms with Gasteiger partial charge < -0.3 is 10.5 Å². The third-order valence-corrected chi connectivity index (χ3v) is 1.79. The van der Waals surface area contributed by atoms with Gasteiger partial charge in [0.1, 0.15) is 5.75 Å².